The molecule has 0 aliphatic carbocycles. The second-order valence-corrected chi connectivity index (χ2v) is 4.46. The molecule has 2 nitrogen and oxygen atoms in total. The first-order chi connectivity index (χ1) is 8.62. The topological polar surface area (TPSA) is 38.0 Å². The number of hydrogen-bond donors (Lipinski definition) is 2. The second kappa shape index (κ2) is 7.15. The standard InChI is InChI=1S/C15H21FN2/c1-4-6-13(5-2)18-15(10-17)14-9-12(16)8-7-11(14)3/h2,7-9,13,15,18H,4,6,10,17H2,1,3H3. The molecule has 1 aromatic carbocycles. The van der Waals surface area contributed by atoms with Crippen LogP contribution in [0.25, 0.3) is 0 Å². The van der Waals surface area contributed by atoms with E-state index in [0.29, 0.717) is 6.54 Å². The van der Waals surface area contributed by atoms with E-state index in [2.05, 4.69) is 18.2 Å². The van der Waals surface area contributed by atoms with Crippen LogP contribution in [-0.2, 0) is 0 Å². The van der Waals surface area contributed by atoms with Crippen LogP contribution in [0, 0.1) is 25.1 Å². The molecule has 0 saturated carbocycles. The Bertz CT molecular complexity index is 423. The fraction of sp³-hybridized carbons (Fsp3) is 0.467. The van der Waals surface area contributed by atoms with Gasteiger partial charge in [0, 0.05) is 12.6 Å². The Balaban J connectivity index is 2.89. The number of nitrogens with two attached hydrogens (primary N) is 1. The van der Waals surface area contributed by atoms with Gasteiger partial charge in [-0.05, 0) is 36.6 Å². The summed E-state index contributed by atoms with van der Waals surface area (Å²) in [5.41, 5.74) is 7.67. The van der Waals surface area contributed by atoms with Crippen molar-refractivity contribution in [1.29, 1.82) is 0 Å². The van der Waals surface area contributed by atoms with Crippen LogP contribution in [0.1, 0.15) is 36.9 Å². The van der Waals surface area contributed by atoms with Gasteiger partial charge in [-0.15, -0.1) is 6.42 Å². The van der Waals surface area contributed by atoms with Crippen molar-refractivity contribution in [2.75, 3.05) is 6.54 Å². The number of rotatable bonds is 6. The van der Waals surface area contributed by atoms with Crippen molar-refractivity contribution in [1.82, 2.24) is 5.32 Å². The van der Waals surface area contributed by atoms with Crippen LogP contribution in [0.5, 0.6) is 0 Å². The van der Waals surface area contributed by atoms with Gasteiger partial charge in [-0.2, -0.15) is 0 Å². The van der Waals surface area contributed by atoms with Gasteiger partial charge < -0.3 is 5.73 Å². The van der Waals surface area contributed by atoms with Crippen molar-refractivity contribution in [3.63, 3.8) is 0 Å². The Hall–Kier alpha value is -1.37. The Morgan fingerprint density at radius 1 is 1.50 bits per heavy atom. The van der Waals surface area contributed by atoms with Gasteiger partial charge in [-0.25, -0.2) is 4.39 Å². The Kier molecular flexibility index (Phi) is 5.84. The molecule has 0 radical (unpaired) electrons. The summed E-state index contributed by atoms with van der Waals surface area (Å²) in [6.07, 6.45) is 7.37. The molecule has 2 unspecified atom stereocenters. The highest BCUT2D eigenvalue weighted by Gasteiger charge is 2.16. The highest BCUT2D eigenvalue weighted by atomic mass is 19.1. The fourth-order valence-electron chi connectivity index (χ4n) is 2.02. The SMILES string of the molecule is C#CC(CCC)NC(CN)c1cc(F)ccc1C. The molecule has 0 amide bonds. The van der Waals surface area contributed by atoms with Crippen LogP contribution in [0.3, 0.4) is 0 Å². The lowest BCUT2D eigenvalue weighted by atomic mass is 9.99. The van der Waals surface area contributed by atoms with Crippen LogP contribution in [0.2, 0.25) is 0 Å². The van der Waals surface area contributed by atoms with Crippen LogP contribution < -0.4 is 11.1 Å². The lowest BCUT2D eigenvalue weighted by molar-refractivity contribution is 0.472. The zero-order chi connectivity index (χ0) is 13.5. The average molecular weight is 248 g/mol. The molecule has 0 heterocycles. The maximum Gasteiger partial charge on any atom is 0.123 e. The maximum atomic E-state index is 13.3. The quantitative estimate of drug-likeness (QED) is 0.759. The minimum atomic E-state index is -0.247. The number of hydrogen-bond acceptors (Lipinski definition) is 2. The summed E-state index contributed by atoms with van der Waals surface area (Å²) in [7, 11) is 0. The summed E-state index contributed by atoms with van der Waals surface area (Å²) in [4.78, 5) is 0. The third kappa shape index (κ3) is 3.83. The molecule has 98 valence electrons. The molecule has 0 saturated heterocycles. The predicted molar refractivity (Wildman–Crippen MR) is 73.6 cm³/mol. The molecule has 3 heteroatoms. The zero-order valence-electron chi connectivity index (χ0n) is 11.0. The van der Waals surface area contributed by atoms with Gasteiger partial charge in [-0.1, -0.05) is 25.3 Å². The first-order valence-electron chi connectivity index (χ1n) is 6.30. The fourth-order valence-corrected chi connectivity index (χ4v) is 2.02. The molecule has 1 rings (SSSR count). The molecule has 2 atom stereocenters. The predicted octanol–water partition coefficient (Wildman–Crippen LogP) is 2.53. The van der Waals surface area contributed by atoms with Gasteiger partial charge in [0.25, 0.3) is 0 Å². The summed E-state index contributed by atoms with van der Waals surface area (Å²) in [5.74, 6) is 2.46. The smallest absolute Gasteiger partial charge is 0.123 e. The van der Waals surface area contributed by atoms with E-state index in [4.69, 9.17) is 12.2 Å². The van der Waals surface area contributed by atoms with Crippen molar-refractivity contribution in [2.45, 2.75) is 38.8 Å². The average Bonchev–Trinajstić information content (AvgIpc) is 2.37. The largest absolute Gasteiger partial charge is 0.329 e. The first-order valence-corrected chi connectivity index (χ1v) is 6.30. The molecule has 3 N–H and O–H groups in total. The van der Waals surface area contributed by atoms with Crippen LogP contribution >= 0.6 is 0 Å². The van der Waals surface area contributed by atoms with E-state index in [-0.39, 0.29) is 17.9 Å². The van der Waals surface area contributed by atoms with Gasteiger partial charge in [0.2, 0.25) is 0 Å². The van der Waals surface area contributed by atoms with Gasteiger partial charge >= 0.3 is 0 Å². The first kappa shape index (κ1) is 14.7. The summed E-state index contributed by atoms with van der Waals surface area (Å²) in [6, 6.07) is 4.62. The van der Waals surface area contributed by atoms with E-state index >= 15 is 0 Å². The molecule has 0 fully saturated rings. The Labute approximate surface area is 109 Å². The van der Waals surface area contributed by atoms with E-state index in [0.717, 1.165) is 24.0 Å². The summed E-state index contributed by atoms with van der Waals surface area (Å²) in [6.45, 7) is 4.42. The molecule has 0 bridgehead atoms. The lowest BCUT2D eigenvalue weighted by Gasteiger charge is -2.23. The molecular formula is C15H21FN2. The van der Waals surface area contributed by atoms with Crippen molar-refractivity contribution < 1.29 is 4.39 Å². The summed E-state index contributed by atoms with van der Waals surface area (Å²) in [5, 5.41) is 3.31. The zero-order valence-corrected chi connectivity index (χ0v) is 11.0. The molecule has 18 heavy (non-hydrogen) atoms. The van der Waals surface area contributed by atoms with Gasteiger partial charge in [0.1, 0.15) is 5.82 Å². The number of nitrogens with one attached hydrogen (secondary N) is 1. The summed E-state index contributed by atoms with van der Waals surface area (Å²) >= 11 is 0. The minimum absolute atomic E-state index is 0.0220. The lowest BCUT2D eigenvalue weighted by Crippen LogP contribution is -2.36. The number of aryl methyl sites for hydroxylation is 1. The normalized spacial score (nSPS) is 13.9. The highest BCUT2D eigenvalue weighted by Crippen LogP contribution is 2.19. The van der Waals surface area contributed by atoms with Crippen LogP contribution in [0.4, 0.5) is 4.39 Å². The monoisotopic (exact) mass is 248 g/mol. The molecule has 0 spiro atoms. The van der Waals surface area contributed by atoms with Gasteiger partial charge in [-0.3, -0.25) is 5.32 Å². The van der Waals surface area contributed by atoms with Crippen molar-refractivity contribution in [3.8, 4) is 12.3 Å². The molecule has 0 aliphatic heterocycles. The maximum absolute atomic E-state index is 13.3. The third-order valence-electron chi connectivity index (χ3n) is 3.03. The number of halogens is 1. The van der Waals surface area contributed by atoms with Crippen LogP contribution in [-0.4, -0.2) is 12.6 Å². The number of terminal acetylenes is 1. The summed E-state index contributed by atoms with van der Waals surface area (Å²) < 4.78 is 13.3. The Morgan fingerprint density at radius 2 is 2.22 bits per heavy atom. The van der Waals surface area contributed by atoms with Crippen molar-refractivity contribution in [2.24, 2.45) is 5.73 Å². The van der Waals surface area contributed by atoms with Crippen molar-refractivity contribution in [3.05, 3.63) is 35.1 Å². The van der Waals surface area contributed by atoms with Gasteiger partial charge in [0.15, 0.2) is 0 Å². The van der Waals surface area contributed by atoms with E-state index in [9.17, 15) is 4.39 Å². The van der Waals surface area contributed by atoms with E-state index in [1.54, 1.807) is 6.07 Å². The van der Waals surface area contributed by atoms with Gasteiger partial charge in [0.05, 0.1) is 6.04 Å². The van der Waals surface area contributed by atoms with Crippen LogP contribution in [0.15, 0.2) is 18.2 Å². The highest BCUT2D eigenvalue weighted by molar-refractivity contribution is 5.30. The van der Waals surface area contributed by atoms with E-state index < -0.39 is 0 Å². The van der Waals surface area contributed by atoms with E-state index in [1.165, 1.54) is 12.1 Å². The molecule has 1 aromatic rings. The van der Waals surface area contributed by atoms with E-state index in [1.807, 2.05) is 6.92 Å². The third-order valence-corrected chi connectivity index (χ3v) is 3.03. The number of benzene rings is 1. The second-order valence-electron chi connectivity index (χ2n) is 4.46. The molecular weight excluding hydrogens is 227 g/mol. The molecule has 0 aliphatic rings. The van der Waals surface area contributed by atoms with Crippen molar-refractivity contribution >= 4 is 0 Å². The Morgan fingerprint density at radius 3 is 2.78 bits per heavy atom. The molecule has 0 aromatic heterocycles. The minimum Gasteiger partial charge on any atom is -0.329 e.